The van der Waals surface area contributed by atoms with Gasteiger partial charge in [-0.2, -0.15) is 0 Å². The molecule has 0 amide bonds. The molecule has 1 aliphatic carbocycles. The Bertz CT molecular complexity index is 618. The van der Waals surface area contributed by atoms with Crippen LogP contribution in [0.15, 0.2) is 36.4 Å². The molecule has 1 heterocycles. The van der Waals surface area contributed by atoms with Gasteiger partial charge in [-0.1, -0.05) is 24.3 Å². The normalized spacial score (nSPS) is 17.7. The highest BCUT2D eigenvalue weighted by molar-refractivity contribution is 7.13. The second-order valence-electron chi connectivity index (χ2n) is 4.96. The number of carboxylic acids is 1. The van der Waals surface area contributed by atoms with Gasteiger partial charge in [0.1, 0.15) is 4.88 Å². The van der Waals surface area contributed by atoms with Crippen LogP contribution in [0.25, 0.3) is 0 Å². The highest BCUT2D eigenvalue weighted by Crippen LogP contribution is 2.33. The molecule has 0 fully saturated rings. The Labute approximate surface area is 121 Å². The quantitative estimate of drug-likeness (QED) is 0.923. The minimum absolute atomic E-state index is 0.135. The lowest BCUT2D eigenvalue weighted by atomic mass is 9.89. The molecule has 2 aromatic rings. The standard InChI is InChI=1S/C16H16O3S/c17-16(18)15-9-8-12(20-15)10-19-14-7-3-5-11-4-1-2-6-13(11)14/h1-2,4,6,8-9,14H,3,5,7,10H2,(H,17,18). The van der Waals surface area contributed by atoms with Crippen LogP contribution in [0.3, 0.4) is 0 Å². The summed E-state index contributed by atoms with van der Waals surface area (Å²) < 4.78 is 6.01. The van der Waals surface area contributed by atoms with Crippen molar-refractivity contribution in [1.29, 1.82) is 0 Å². The SMILES string of the molecule is O=C(O)c1ccc(COC2CCCc3ccccc32)s1. The third kappa shape index (κ3) is 2.76. The zero-order valence-corrected chi connectivity index (χ0v) is 11.9. The molecule has 1 aromatic heterocycles. The summed E-state index contributed by atoms with van der Waals surface area (Å²) in [5.74, 6) is -0.871. The Kier molecular flexibility index (Phi) is 3.85. The number of thiophene rings is 1. The molecular formula is C16H16O3S. The van der Waals surface area contributed by atoms with Crippen molar-refractivity contribution in [2.75, 3.05) is 0 Å². The van der Waals surface area contributed by atoms with Crippen LogP contribution in [0.1, 0.15) is 44.6 Å². The lowest BCUT2D eigenvalue weighted by molar-refractivity contribution is 0.0298. The van der Waals surface area contributed by atoms with Gasteiger partial charge in [-0.05, 0) is 42.5 Å². The Hall–Kier alpha value is -1.65. The predicted molar refractivity (Wildman–Crippen MR) is 78.2 cm³/mol. The van der Waals surface area contributed by atoms with Crippen molar-refractivity contribution in [2.45, 2.75) is 32.0 Å². The van der Waals surface area contributed by atoms with Crippen LogP contribution in [-0.4, -0.2) is 11.1 Å². The van der Waals surface area contributed by atoms with Crippen molar-refractivity contribution in [2.24, 2.45) is 0 Å². The Morgan fingerprint density at radius 1 is 1.30 bits per heavy atom. The molecular weight excluding hydrogens is 272 g/mol. The van der Waals surface area contributed by atoms with E-state index in [0.29, 0.717) is 11.5 Å². The number of benzene rings is 1. The Balaban J connectivity index is 1.68. The summed E-state index contributed by atoms with van der Waals surface area (Å²) in [5.41, 5.74) is 2.66. The van der Waals surface area contributed by atoms with E-state index in [9.17, 15) is 4.79 Å². The van der Waals surface area contributed by atoms with Crippen molar-refractivity contribution >= 4 is 17.3 Å². The first kappa shape index (κ1) is 13.3. The first-order valence-electron chi connectivity index (χ1n) is 6.75. The molecule has 1 aliphatic rings. The second kappa shape index (κ2) is 5.77. The molecule has 3 nitrogen and oxygen atoms in total. The number of hydrogen-bond donors (Lipinski definition) is 1. The maximum atomic E-state index is 10.9. The van der Waals surface area contributed by atoms with Gasteiger partial charge < -0.3 is 9.84 Å². The summed E-state index contributed by atoms with van der Waals surface area (Å²) in [6.45, 7) is 0.483. The fourth-order valence-corrected chi connectivity index (χ4v) is 3.40. The van der Waals surface area contributed by atoms with E-state index in [-0.39, 0.29) is 6.10 Å². The number of carboxylic acid groups (broad SMARTS) is 1. The van der Waals surface area contributed by atoms with E-state index in [1.165, 1.54) is 22.5 Å². The second-order valence-corrected chi connectivity index (χ2v) is 6.13. The molecule has 0 spiro atoms. The van der Waals surface area contributed by atoms with Gasteiger partial charge in [-0.3, -0.25) is 0 Å². The third-order valence-corrected chi connectivity index (χ3v) is 4.66. The molecule has 1 aromatic carbocycles. The largest absolute Gasteiger partial charge is 0.477 e. The first-order valence-corrected chi connectivity index (χ1v) is 7.57. The Morgan fingerprint density at radius 3 is 2.95 bits per heavy atom. The first-order chi connectivity index (χ1) is 9.74. The van der Waals surface area contributed by atoms with Gasteiger partial charge in [0.2, 0.25) is 0 Å². The molecule has 1 unspecified atom stereocenters. The zero-order valence-electron chi connectivity index (χ0n) is 11.0. The van der Waals surface area contributed by atoms with E-state index >= 15 is 0 Å². The van der Waals surface area contributed by atoms with Crippen molar-refractivity contribution < 1.29 is 14.6 Å². The fraction of sp³-hybridized carbons (Fsp3) is 0.312. The minimum atomic E-state index is -0.871. The average molecular weight is 288 g/mol. The minimum Gasteiger partial charge on any atom is -0.477 e. The van der Waals surface area contributed by atoms with Crippen molar-refractivity contribution in [3.63, 3.8) is 0 Å². The van der Waals surface area contributed by atoms with E-state index < -0.39 is 5.97 Å². The van der Waals surface area contributed by atoms with Crippen LogP contribution in [0.4, 0.5) is 0 Å². The smallest absolute Gasteiger partial charge is 0.345 e. The van der Waals surface area contributed by atoms with Crippen molar-refractivity contribution in [3.05, 3.63) is 57.3 Å². The van der Waals surface area contributed by atoms with Gasteiger partial charge in [-0.15, -0.1) is 11.3 Å². The number of ether oxygens (including phenoxy) is 1. The van der Waals surface area contributed by atoms with Gasteiger partial charge >= 0.3 is 5.97 Å². The van der Waals surface area contributed by atoms with Crippen LogP contribution < -0.4 is 0 Å². The van der Waals surface area contributed by atoms with Crippen LogP contribution >= 0.6 is 11.3 Å². The van der Waals surface area contributed by atoms with Gasteiger partial charge in [0.25, 0.3) is 0 Å². The van der Waals surface area contributed by atoms with Crippen molar-refractivity contribution in [1.82, 2.24) is 0 Å². The van der Waals surface area contributed by atoms with Gasteiger partial charge in [0, 0.05) is 4.88 Å². The van der Waals surface area contributed by atoms with E-state index in [1.807, 2.05) is 12.1 Å². The third-order valence-electron chi connectivity index (χ3n) is 3.61. The molecule has 0 saturated heterocycles. The molecule has 0 bridgehead atoms. The summed E-state index contributed by atoms with van der Waals surface area (Å²) in [5, 5.41) is 8.91. The van der Waals surface area contributed by atoms with Gasteiger partial charge in [-0.25, -0.2) is 4.79 Å². The van der Waals surface area contributed by atoms with Crippen molar-refractivity contribution in [3.8, 4) is 0 Å². The van der Waals surface area contributed by atoms with E-state index in [1.54, 1.807) is 6.07 Å². The van der Waals surface area contributed by atoms with Crippen LogP contribution in [0.2, 0.25) is 0 Å². The van der Waals surface area contributed by atoms with Crippen LogP contribution in [-0.2, 0) is 17.8 Å². The summed E-state index contributed by atoms with van der Waals surface area (Å²) in [7, 11) is 0. The van der Waals surface area contributed by atoms with E-state index in [0.717, 1.165) is 24.1 Å². The fourth-order valence-electron chi connectivity index (χ4n) is 2.64. The molecule has 1 atom stereocenters. The summed E-state index contributed by atoms with van der Waals surface area (Å²) in [6, 6.07) is 11.9. The Morgan fingerprint density at radius 2 is 2.15 bits per heavy atom. The maximum Gasteiger partial charge on any atom is 0.345 e. The molecule has 0 saturated carbocycles. The number of rotatable bonds is 4. The number of fused-ring (bicyclic) bond motifs is 1. The van der Waals surface area contributed by atoms with Crippen LogP contribution in [0, 0.1) is 0 Å². The monoisotopic (exact) mass is 288 g/mol. The number of aromatic carboxylic acids is 1. The number of carbonyl (C=O) groups is 1. The zero-order chi connectivity index (χ0) is 13.9. The molecule has 104 valence electrons. The molecule has 4 heteroatoms. The highest BCUT2D eigenvalue weighted by Gasteiger charge is 2.20. The van der Waals surface area contributed by atoms with Crippen LogP contribution in [0.5, 0.6) is 0 Å². The summed E-state index contributed by atoms with van der Waals surface area (Å²) >= 11 is 1.29. The lowest BCUT2D eigenvalue weighted by Crippen LogP contribution is -2.12. The number of hydrogen-bond acceptors (Lipinski definition) is 3. The molecule has 0 aliphatic heterocycles. The number of aryl methyl sites for hydroxylation is 1. The predicted octanol–water partition coefficient (Wildman–Crippen LogP) is 4.04. The highest BCUT2D eigenvalue weighted by atomic mass is 32.1. The summed E-state index contributed by atoms with van der Waals surface area (Å²) in [4.78, 5) is 12.2. The molecule has 1 N–H and O–H groups in total. The van der Waals surface area contributed by atoms with E-state index in [4.69, 9.17) is 9.84 Å². The molecule has 3 rings (SSSR count). The molecule has 0 radical (unpaired) electrons. The molecule has 20 heavy (non-hydrogen) atoms. The maximum absolute atomic E-state index is 10.9. The van der Waals surface area contributed by atoms with Gasteiger partial charge in [0.05, 0.1) is 12.7 Å². The van der Waals surface area contributed by atoms with E-state index in [2.05, 4.69) is 18.2 Å². The topological polar surface area (TPSA) is 46.5 Å². The lowest BCUT2D eigenvalue weighted by Gasteiger charge is -2.25. The average Bonchev–Trinajstić information content (AvgIpc) is 2.94. The van der Waals surface area contributed by atoms with Gasteiger partial charge in [0.15, 0.2) is 0 Å². The summed E-state index contributed by atoms with van der Waals surface area (Å²) in [6.07, 6.45) is 3.44.